The molecule has 2 aromatic heterocycles. The van der Waals surface area contributed by atoms with Gasteiger partial charge in [-0.1, -0.05) is 17.4 Å². The van der Waals surface area contributed by atoms with Crippen LogP contribution in [0.1, 0.15) is 19.3 Å². The van der Waals surface area contributed by atoms with E-state index in [1.807, 2.05) is 0 Å². The number of amides is 1. The number of hydrogen-bond acceptors (Lipinski definition) is 8. The van der Waals surface area contributed by atoms with E-state index in [1.54, 1.807) is 17.5 Å². The van der Waals surface area contributed by atoms with Crippen molar-refractivity contribution in [1.29, 1.82) is 0 Å². The van der Waals surface area contributed by atoms with Crippen molar-refractivity contribution in [3.05, 3.63) is 41.3 Å². The van der Waals surface area contributed by atoms with Gasteiger partial charge in [-0.05, 0) is 36.8 Å². The lowest BCUT2D eigenvalue weighted by molar-refractivity contribution is -0.123. The number of morpholine rings is 1. The number of carbonyl (C=O) groups excluding carboxylic acids is 1. The predicted molar refractivity (Wildman–Crippen MR) is 140 cm³/mol. The third-order valence-electron chi connectivity index (χ3n) is 6.68. The third kappa shape index (κ3) is 5.86. The highest BCUT2D eigenvalue weighted by molar-refractivity contribution is 7.91. The van der Waals surface area contributed by atoms with E-state index in [4.69, 9.17) is 4.74 Å². The van der Waals surface area contributed by atoms with Crippen LogP contribution in [0.2, 0.25) is 0 Å². The van der Waals surface area contributed by atoms with E-state index in [9.17, 15) is 22.0 Å². The average molecular weight is 571 g/mol. The molecule has 1 amide bonds. The summed E-state index contributed by atoms with van der Waals surface area (Å²) in [6, 6.07) is 5.25. The summed E-state index contributed by atoms with van der Waals surface area (Å²) in [6.45, 7) is 4.50. The van der Waals surface area contributed by atoms with Gasteiger partial charge in [-0.2, -0.15) is 4.31 Å². The van der Waals surface area contributed by atoms with Gasteiger partial charge in [0.15, 0.2) is 10.9 Å². The number of aromatic nitrogens is 1. The number of anilines is 1. The average Bonchev–Trinajstić information content (AvgIpc) is 3.58. The summed E-state index contributed by atoms with van der Waals surface area (Å²) in [5.74, 6) is -2.27. The van der Waals surface area contributed by atoms with E-state index in [0.29, 0.717) is 55.4 Å². The summed E-state index contributed by atoms with van der Waals surface area (Å²) in [6.07, 6.45) is 1.76. The first-order chi connectivity index (χ1) is 17.8. The Kier molecular flexibility index (Phi) is 8.17. The molecule has 8 nitrogen and oxygen atoms in total. The van der Waals surface area contributed by atoms with Crippen LogP contribution in [0.25, 0.3) is 10.2 Å². The first kappa shape index (κ1) is 26.6. The van der Waals surface area contributed by atoms with Gasteiger partial charge in [-0.3, -0.25) is 14.6 Å². The van der Waals surface area contributed by atoms with E-state index in [-0.39, 0.29) is 22.2 Å². The Morgan fingerprint density at radius 3 is 2.78 bits per heavy atom. The molecule has 0 bridgehead atoms. The third-order valence-corrected chi connectivity index (χ3v) is 10.9. The van der Waals surface area contributed by atoms with Crippen LogP contribution >= 0.6 is 22.7 Å². The number of hydrogen-bond donors (Lipinski definition) is 0. The minimum absolute atomic E-state index is 0.0259. The maximum Gasteiger partial charge on any atom is 0.252 e. The molecule has 200 valence electrons. The normalized spacial score (nSPS) is 19.9. The number of nitrogens with zero attached hydrogens (tertiary/aromatic N) is 4. The van der Waals surface area contributed by atoms with Crippen molar-refractivity contribution in [2.75, 3.05) is 57.4 Å². The number of thiophene rings is 1. The molecule has 1 aromatic carbocycles. The maximum atomic E-state index is 14.4. The Bertz CT molecular complexity index is 1340. The van der Waals surface area contributed by atoms with Gasteiger partial charge in [0.2, 0.25) is 5.91 Å². The van der Waals surface area contributed by atoms with E-state index >= 15 is 0 Å². The molecule has 5 rings (SSSR count). The number of benzene rings is 1. The first-order valence-corrected chi connectivity index (χ1v) is 15.4. The Labute approximate surface area is 222 Å². The van der Waals surface area contributed by atoms with Gasteiger partial charge >= 0.3 is 0 Å². The molecule has 13 heteroatoms. The van der Waals surface area contributed by atoms with Crippen LogP contribution in [-0.4, -0.2) is 81.0 Å². The quantitative estimate of drug-likeness (QED) is 0.410. The molecule has 37 heavy (non-hydrogen) atoms. The fourth-order valence-electron chi connectivity index (χ4n) is 4.76. The number of sulfonamides is 1. The monoisotopic (exact) mass is 570 g/mol. The number of halogens is 2. The molecule has 0 spiro atoms. The molecular formula is C24H28F2N4O4S3. The molecule has 0 aliphatic carbocycles. The topological polar surface area (TPSA) is 83.1 Å². The molecule has 1 unspecified atom stereocenters. The van der Waals surface area contributed by atoms with Crippen molar-refractivity contribution < 1.29 is 26.7 Å². The zero-order valence-corrected chi connectivity index (χ0v) is 22.6. The second kappa shape index (κ2) is 11.4. The fourth-order valence-corrected chi connectivity index (χ4v) is 8.46. The van der Waals surface area contributed by atoms with Crippen LogP contribution in [-0.2, 0) is 19.6 Å². The van der Waals surface area contributed by atoms with E-state index in [2.05, 4.69) is 9.88 Å². The lowest BCUT2D eigenvalue weighted by Crippen LogP contribution is -2.47. The number of carbonyl (C=O) groups is 1. The van der Waals surface area contributed by atoms with Crippen molar-refractivity contribution in [1.82, 2.24) is 14.2 Å². The Hall–Kier alpha value is -2.03. The summed E-state index contributed by atoms with van der Waals surface area (Å²) < 4.78 is 61.8. The minimum Gasteiger partial charge on any atom is -0.379 e. The zero-order valence-electron chi connectivity index (χ0n) is 20.1. The minimum atomic E-state index is -3.68. The van der Waals surface area contributed by atoms with Gasteiger partial charge in [-0.25, -0.2) is 22.2 Å². The molecule has 2 aliphatic rings. The van der Waals surface area contributed by atoms with Gasteiger partial charge in [0.1, 0.15) is 15.5 Å². The molecule has 2 saturated heterocycles. The van der Waals surface area contributed by atoms with E-state index in [0.717, 1.165) is 48.4 Å². The first-order valence-electron chi connectivity index (χ1n) is 12.2. The van der Waals surface area contributed by atoms with Gasteiger partial charge < -0.3 is 4.74 Å². The van der Waals surface area contributed by atoms with Gasteiger partial charge in [0, 0.05) is 45.3 Å². The predicted octanol–water partition coefficient (Wildman–Crippen LogP) is 3.79. The van der Waals surface area contributed by atoms with Crippen molar-refractivity contribution >= 4 is 54.0 Å². The van der Waals surface area contributed by atoms with Crippen LogP contribution in [0.5, 0.6) is 0 Å². The molecule has 3 aromatic rings. The standard InChI is InChI=1S/C24H28F2N4O4S3/c25-18-14-19(26)22-20(15-18)36-24(27-22)30(8-3-6-28-9-11-34-12-10-28)23(31)17-4-1-7-29(16-17)37(32,33)21-5-2-13-35-21/h2,5,13-15,17H,1,3-4,6-12,16H2. The smallest absolute Gasteiger partial charge is 0.252 e. The summed E-state index contributed by atoms with van der Waals surface area (Å²) in [5.41, 5.74) is 0.0259. The summed E-state index contributed by atoms with van der Waals surface area (Å²) in [4.78, 5) is 22.0. The van der Waals surface area contributed by atoms with Crippen LogP contribution in [0.15, 0.2) is 33.9 Å². The second-order valence-electron chi connectivity index (χ2n) is 9.16. The van der Waals surface area contributed by atoms with Crippen LogP contribution < -0.4 is 4.90 Å². The van der Waals surface area contributed by atoms with Crippen LogP contribution in [0.4, 0.5) is 13.9 Å². The highest BCUT2D eigenvalue weighted by Gasteiger charge is 2.36. The number of ether oxygens (including phenoxy) is 1. The highest BCUT2D eigenvalue weighted by Crippen LogP contribution is 2.34. The van der Waals surface area contributed by atoms with Crippen molar-refractivity contribution in [2.24, 2.45) is 5.92 Å². The maximum absolute atomic E-state index is 14.4. The lowest BCUT2D eigenvalue weighted by atomic mass is 9.98. The van der Waals surface area contributed by atoms with Gasteiger partial charge in [0.25, 0.3) is 10.0 Å². The summed E-state index contributed by atoms with van der Waals surface area (Å²) in [7, 11) is -3.68. The summed E-state index contributed by atoms with van der Waals surface area (Å²) >= 11 is 2.22. The molecular weight excluding hydrogens is 542 g/mol. The zero-order chi connectivity index (χ0) is 26.0. The molecule has 1 atom stereocenters. The molecule has 2 fully saturated rings. The SMILES string of the molecule is O=C(C1CCCN(S(=O)(=O)c2cccs2)C1)N(CCCN1CCOCC1)c1nc2c(F)cc(F)cc2s1. The van der Waals surface area contributed by atoms with Crippen molar-refractivity contribution in [2.45, 2.75) is 23.5 Å². The molecule has 4 heterocycles. The Morgan fingerprint density at radius 1 is 1.22 bits per heavy atom. The van der Waals surface area contributed by atoms with Gasteiger partial charge in [-0.15, -0.1) is 11.3 Å². The molecule has 0 saturated carbocycles. The van der Waals surface area contributed by atoms with Gasteiger partial charge in [0.05, 0.1) is 23.8 Å². The molecule has 0 radical (unpaired) electrons. The second-order valence-corrected chi connectivity index (χ2v) is 13.3. The fraction of sp³-hybridized carbons (Fsp3) is 0.500. The molecule has 0 N–H and O–H groups in total. The van der Waals surface area contributed by atoms with Crippen molar-refractivity contribution in [3.8, 4) is 0 Å². The van der Waals surface area contributed by atoms with Crippen molar-refractivity contribution in [3.63, 3.8) is 0 Å². The lowest BCUT2D eigenvalue weighted by Gasteiger charge is -2.34. The number of piperidine rings is 1. The largest absolute Gasteiger partial charge is 0.379 e. The Balaban J connectivity index is 1.38. The molecule has 2 aliphatic heterocycles. The summed E-state index contributed by atoms with van der Waals surface area (Å²) in [5, 5.41) is 2.01. The number of rotatable bonds is 8. The van der Waals surface area contributed by atoms with E-state index in [1.165, 1.54) is 15.3 Å². The Morgan fingerprint density at radius 2 is 2.03 bits per heavy atom. The van der Waals surface area contributed by atoms with E-state index < -0.39 is 27.6 Å². The van der Waals surface area contributed by atoms with Crippen LogP contribution in [0.3, 0.4) is 0 Å². The number of fused-ring (bicyclic) bond motifs is 1. The van der Waals surface area contributed by atoms with Crippen LogP contribution in [0, 0.1) is 17.6 Å². The number of thiazole rings is 1. The highest BCUT2D eigenvalue weighted by atomic mass is 32.2.